The van der Waals surface area contributed by atoms with E-state index in [4.69, 9.17) is 4.74 Å². The fourth-order valence-corrected chi connectivity index (χ4v) is 4.19. The summed E-state index contributed by atoms with van der Waals surface area (Å²) >= 11 is 0. The first-order chi connectivity index (χ1) is 14.0. The van der Waals surface area contributed by atoms with Crippen LogP contribution in [0.3, 0.4) is 0 Å². The SMILES string of the molecule is COc1ccc(F)c(CN2CC(Cc3ccccc3F)(C(=O)NC3CCC3)C2)c1. The lowest BCUT2D eigenvalue weighted by molar-refractivity contribution is -0.144. The molecule has 1 heterocycles. The molecule has 4 nitrogen and oxygen atoms in total. The molecule has 2 aliphatic rings. The number of likely N-dealkylation sites (tertiary alicyclic amines) is 1. The number of hydrogen-bond acceptors (Lipinski definition) is 3. The van der Waals surface area contributed by atoms with Crippen molar-refractivity contribution in [3.05, 3.63) is 65.2 Å². The van der Waals surface area contributed by atoms with E-state index in [0.717, 1.165) is 19.3 Å². The van der Waals surface area contributed by atoms with Crippen LogP contribution >= 0.6 is 0 Å². The average Bonchev–Trinajstić information content (AvgIpc) is 2.65. The van der Waals surface area contributed by atoms with E-state index in [1.165, 1.54) is 12.1 Å². The molecule has 6 heteroatoms. The number of methoxy groups -OCH3 is 1. The standard InChI is InChI=1S/C23H26F2N2O2/c1-29-19-9-10-21(25)17(11-19)13-27-14-23(15-27,22(28)26-18-6-4-7-18)12-16-5-2-3-8-20(16)24/h2-3,5,8-11,18H,4,6-7,12-15H2,1H3,(H,26,28). The molecule has 1 aliphatic heterocycles. The van der Waals surface area contributed by atoms with Crippen LogP contribution in [0.1, 0.15) is 30.4 Å². The summed E-state index contributed by atoms with van der Waals surface area (Å²) in [6.07, 6.45) is 3.47. The minimum absolute atomic E-state index is 0.0205. The van der Waals surface area contributed by atoms with Crippen LogP contribution in [-0.4, -0.2) is 37.0 Å². The van der Waals surface area contributed by atoms with E-state index in [-0.39, 0.29) is 23.6 Å². The lowest BCUT2D eigenvalue weighted by Gasteiger charge is -2.50. The summed E-state index contributed by atoms with van der Waals surface area (Å²) in [5.74, 6) is -0.00739. The Morgan fingerprint density at radius 2 is 1.86 bits per heavy atom. The molecule has 0 unspecified atom stereocenters. The van der Waals surface area contributed by atoms with Crippen molar-refractivity contribution in [1.82, 2.24) is 10.2 Å². The van der Waals surface area contributed by atoms with Crippen molar-refractivity contribution in [2.45, 2.75) is 38.3 Å². The van der Waals surface area contributed by atoms with Crippen LogP contribution in [0.2, 0.25) is 0 Å². The highest BCUT2D eigenvalue weighted by atomic mass is 19.1. The monoisotopic (exact) mass is 400 g/mol. The molecule has 0 atom stereocenters. The van der Waals surface area contributed by atoms with Gasteiger partial charge in [-0.25, -0.2) is 8.78 Å². The number of ether oxygens (including phenoxy) is 1. The van der Waals surface area contributed by atoms with E-state index in [2.05, 4.69) is 5.32 Å². The van der Waals surface area contributed by atoms with Gasteiger partial charge < -0.3 is 10.1 Å². The molecule has 1 amide bonds. The smallest absolute Gasteiger partial charge is 0.229 e. The second kappa shape index (κ2) is 8.11. The molecular weight excluding hydrogens is 374 g/mol. The number of carbonyl (C=O) groups is 1. The van der Waals surface area contributed by atoms with Gasteiger partial charge in [0.1, 0.15) is 17.4 Å². The minimum atomic E-state index is -0.687. The number of hydrogen-bond donors (Lipinski definition) is 1. The maximum atomic E-state index is 14.3. The van der Waals surface area contributed by atoms with Crippen molar-refractivity contribution in [1.29, 1.82) is 0 Å². The molecule has 0 aromatic heterocycles. The summed E-state index contributed by atoms with van der Waals surface area (Å²) in [7, 11) is 1.55. The molecule has 0 bridgehead atoms. The van der Waals surface area contributed by atoms with Gasteiger partial charge in [-0.2, -0.15) is 0 Å². The van der Waals surface area contributed by atoms with Crippen molar-refractivity contribution in [2.24, 2.45) is 5.41 Å². The number of nitrogens with zero attached hydrogens (tertiary/aromatic N) is 1. The van der Waals surface area contributed by atoms with Crippen molar-refractivity contribution in [2.75, 3.05) is 20.2 Å². The zero-order valence-corrected chi connectivity index (χ0v) is 16.6. The molecule has 2 aromatic rings. The molecule has 2 fully saturated rings. The Morgan fingerprint density at radius 1 is 1.14 bits per heavy atom. The zero-order chi connectivity index (χ0) is 20.4. The third kappa shape index (κ3) is 4.13. The van der Waals surface area contributed by atoms with Crippen LogP contribution in [0.15, 0.2) is 42.5 Å². The Balaban J connectivity index is 1.49. The molecular formula is C23H26F2N2O2. The van der Waals surface area contributed by atoms with E-state index in [0.29, 0.717) is 42.9 Å². The molecule has 29 heavy (non-hydrogen) atoms. The third-order valence-electron chi connectivity index (χ3n) is 6.11. The molecule has 0 radical (unpaired) electrons. The van der Waals surface area contributed by atoms with Gasteiger partial charge in [0.15, 0.2) is 0 Å². The van der Waals surface area contributed by atoms with E-state index >= 15 is 0 Å². The molecule has 0 spiro atoms. The molecule has 2 aromatic carbocycles. The Kier molecular flexibility index (Phi) is 5.54. The van der Waals surface area contributed by atoms with Gasteiger partial charge in [0, 0.05) is 31.2 Å². The van der Waals surface area contributed by atoms with Crippen LogP contribution < -0.4 is 10.1 Å². The maximum Gasteiger partial charge on any atom is 0.229 e. The lowest BCUT2D eigenvalue weighted by Crippen LogP contribution is -2.65. The van der Waals surface area contributed by atoms with E-state index in [1.807, 2.05) is 4.90 Å². The number of rotatable bonds is 7. The molecule has 1 N–H and O–H groups in total. The Hall–Kier alpha value is -2.47. The van der Waals surface area contributed by atoms with Crippen LogP contribution in [0.5, 0.6) is 5.75 Å². The number of amides is 1. The topological polar surface area (TPSA) is 41.6 Å². The Morgan fingerprint density at radius 3 is 2.52 bits per heavy atom. The molecule has 154 valence electrons. The van der Waals surface area contributed by atoms with Crippen LogP contribution in [0, 0.1) is 17.0 Å². The fourth-order valence-electron chi connectivity index (χ4n) is 4.19. The largest absolute Gasteiger partial charge is 0.497 e. The van der Waals surface area contributed by atoms with Gasteiger partial charge >= 0.3 is 0 Å². The number of benzene rings is 2. The second-order valence-corrected chi connectivity index (χ2v) is 8.25. The summed E-state index contributed by atoms with van der Waals surface area (Å²) in [5.41, 5.74) is 0.388. The van der Waals surface area contributed by atoms with E-state index in [9.17, 15) is 13.6 Å². The highest BCUT2D eigenvalue weighted by molar-refractivity contribution is 5.85. The van der Waals surface area contributed by atoms with Gasteiger partial charge in [-0.15, -0.1) is 0 Å². The van der Waals surface area contributed by atoms with Crippen LogP contribution in [-0.2, 0) is 17.8 Å². The quantitative estimate of drug-likeness (QED) is 0.771. The number of carbonyl (C=O) groups excluding carboxylic acids is 1. The highest BCUT2D eigenvalue weighted by Crippen LogP contribution is 2.37. The summed E-state index contributed by atoms with van der Waals surface area (Å²) < 4.78 is 33.6. The molecule has 1 saturated heterocycles. The number of halogens is 2. The summed E-state index contributed by atoms with van der Waals surface area (Å²) in [4.78, 5) is 15.1. The summed E-state index contributed by atoms with van der Waals surface area (Å²) in [5, 5.41) is 3.13. The predicted octanol–water partition coefficient (Wildman–Crippen LogP) is 3.69. The van der Waals surface area contributed by atoms with E-state index < -0.39 is 5.41 Å². The zero-order valence-electron chi connectivity index (χ0n) is 16.6. The molecule has 1 aliphatic carbocycles. The van der Waals surface area contributed by atoms with Gasteiger partial charge in [0.05, 0.1) is 12.5 Å². The molecule has 4 rings (SSSR count). The first-order valence-electron chi connectivity index (χ1n) is 10.1. The van der Waals surface area contributed by atoms with Crippen molar-refractivity contribution < 1.29 is 18.3 Å². The van der Waals surface area contributed by atoms with Gasteiger partial charge in [0.2, 0.25) is 5.91 Å². The average molecular weight is 400 g/mol. The van der Waals surface area contributed by atoms with Crippen LogP contribution in [0.25, 0.3) is 0 Å². The summed E-state index contributed by atoms with van der Waals surface area (Å²) in [6, 6.07) is 11.5. The normalized spacial score (nSPS) is 18.6. The predicted molar refractivity (Wildman–Crippen MR) is 107 cm³/mol. The first kappa shape index (κ1) is 19.8. The lowest BCUT2D eigenvalue weighted by atomic mass is 9.73. The Bertz CT molecular complexity index is 892. The summed E-state index contributed by atoms with van der Waals surface area (Å²) in [6.45, 7) is 1.33. The van der Waals surface area contributed by atoms with Gasteiger partial charge in [0.25, 0.3) is 0 Å². The maximum absolute atomic E-state index is 14.3. The van der Waals surface area contributed by atoms with Gasteiger partial charge in [-0.3, -0.25) is 9.69 Å². The number of nitrogens with one attached hydrogen (secondary N) is 1. The van der Waals surface area contributed by atoms with Gasteiger partial charge in [-0.05, 0) is 55.5 Å². The second-order valence-electron chi connectivity index (χ2n) is 8.25. The first-order valence-corrected chi connectivity index (χ1v) is 10.1. The van der Waals surface area contributed by atoms with Crippen molar-refractivity contribution >= 4 is 5.91 Å². The van der Waals surface area contributed by atoms with Gasteiger partial charge in [-0.1, -0.05) is 18.2 Å². The van der Waals surface area contributed by atoms with Crippen molar-refractivity contribution in [3.8, 4) is 5.75 Å². The molecule has 1 saturated carbocycles. The fraction of sp³-hybridized carbons (Fsp3) is 0.435. The Labute approximate surface area is 169 Å². The van der Waals surface area contributed by atoms with Crippen LogP contribution in [0.4, 0.5) is 8.78 Å². The van der Waals surface area contributed by atoms with Crippen molar-refractivity contribution in [3.63, 3.8) is 0 Å². The third-order valence-corrected chi connectivity index (χ3v) is 6.11. The minimum Gasteiger partial charge on any atom is -0.497 e. The highest BCUT2D eigenvalue weighted by Gasteiger charge is 2.50. The van der Waals surface area contributed by atoms with E-state index in [1.54, 1.807) is 37.4 Å².